The lowest BCUT2D eigenvalue weighted by molar-refractivity contribution is -0.0886. The van der Waals surface area contributed by atoms with E-state index >= 15 is 0 Å². The number of hydrogen-bond acceptors (Lipinski definition) is 3. The van der Waals surface area contributed by atoms with Gasteiger partial charge < -0.3 is 4.74 Å². The van der Waals surface area contributed by atoms with Crippen molar-refractivity contribution in [2.45, 2.75) is 12.6 Å². The molecule has 2 aromatic carbocycles. The van der Waals surface area contributed by atoms with Crippen LogP contribution in [0.25, 0.3) is 10.9 Å². The molecule has 0 N–H and O–H groups in total. The molecular formula is C19H14F3NO2. The standard InChI is InChI=1S/C19H14F3NO2/c20-19(21,22)18(24)15-12-23-16-9-5-4-8-14(16)17(15)25-11-10-13-6-2-1-3-7-13/h1-9,12H,10-11H2. The van der Waals surface area contributed by atoms with E-state index < -0.39 is 17.5 Å². The molecule has 0 saturated carbocycles. The molecule has 0 amide bonds. The fourth-order valence-corrected chi connectivity index (χ4v) is 2.50. The number of carbonyl (C=O) groups is 1. The Morgan fingerprint density at radius 2 is 1.68 bits per heavy atom. The van der Waals surface area contributed by atoms with E-state index in [-0.39, 0.29) is 12.4 Å². The van der Waals surface area contributed by atoms with E-state index in [1.54, 1.807) is 24.3 Å². The Kier molecular flexibility index (Phi) is 4.70. The highest BCUT2D eigenvalue weighted by Crippen LogP contribution is 2.33. The third-order valence-electron chi connectivity index (χ3n) is 3.71. The largest absolute Gasteiger partial charge is 0.492 e. The minimum Gasteiger partial charge on any atom is -0.492 e. The highest BCUT2D eigenvalue weighted by molar-refractivity contribution is 6.06. The fraction of sp³-hybridized carbons (Fsp3) is 0.158. The van der Waals surface area contributed by atoms with Crippen LogP contribution < -0.4 is 4.74 Å². The Balaban J connectivity index is 1.94. The van der Waals surface area contributed by atoms with Gasteiger partial charge in [0, 0.05) is 18.0 Å². The molecule has 3 aromatic rings. The predicted octanol–water partition coefficient (Wildman–Crippen LogP) is 4.60. The maximum atomic E-state index is 12.9. The molecule has 6 heteroatoms. The fourth-order valence-electron chi connectivity index (χ4n) is 2.50. The summed E-state index contributed by atoms with van der Waals surface area (Å²) in [4.78, 5) is 15.7. The number of ether oxygens (including phenoxy) is 1. The second-order valence-corrected chi connectivity index (χ2v) is 5.43. The summed E-state index contributed by atoms with van der Waals surface area (Å²) in [6, 6.07) is 16.0. The van der Waals surface area contributed by atoms with Crippen molar-refractivity contribution in [1.82, 2.24) is 4.98 Å². The van der Waals surface area contributed by atoms with Gasteiger partial charge in [-0.05, 0) is 17.7 Å². The zero-order chi connectivity index (χ0) is 17.9. The minimum atomic E-state index is -4.98. The summed E-state index contributed by atoms with van der Waals surface area (Å²) in [7, 11) is 0. The molecule has 0 saturated heterocycles. The Morgan fingerprint density at radius 3 is 2.40 bits per heavy atom. The van der Waals surface area contributed by atoms with Crippen molar-refractivity contribution >= 4 is 16.7 Å². The normalized spacial score (nSPS) is 11.5. The summed E-state index contributed by atoms with van der Waals surface area (Å²) in [5.74, 6) is -2.04. The second kappa shape index (κ2) is 6.93. The molecular weight excluding hydrogens is 331 g/mol. The van der Waals surface area contributed by atoms with Crippen LogP contribution in [0.1, 0.15) is 15.9 Å². The average molecular weight is 345 g/mol. The number of para-hydroxylation sites is 1. The van der Waals surface area contributed by atoms with E-state index in [0.29, 0.717) is 17.3 Å². The van der Waals surface area contributed by atoms with Gasteiger partial charge in [-0.3, -0.25) is 9.78 Å². The Hall–Kier alpha value is -2.89. The van der Waals surface area contributed by atoms with Gasteiger partial charge in [-0.2, -0.15) is 13.2 Å². The number of halogens is 3. The maximum Gasteiger partial charge on any atom is 0.455 e. The molecule has 1 heterocycles. The number of pyridine rings is 1. The monoisotopic (exact) mass is 345 g/mol. The van der Waals surface area contributed by atoms with E-state index in [4.69, 9.17) is 4.74 Å². The SMILES string of the molecule is O=C(c1cnc2ccccc2c1OCCc1ccccc1)C(F)(F)F. The molecule has 0 unspecified atom stereocenters. The number of rotatable bonds is 5. The van der Waals surface area contributed by atoms with Crippen LogP contribution in [0.5, 0.6) is 5.75 Å². The Bertz CT molecular complexity index is 892. The predicted molar refractivity (Wildman–Crippen MR) is 87.8 cm³/mol. The number of Topliss-reactive ketones (excluding diaryl/α,β-unsaturated/α-hetero) is 1. The molecule has 1 aromatic heterocycles. The molecule has 3 rings (SSSR count). The van der Waals surface area contributed by atoms with E-state index in [2.05, 4.69) is 4.98 Å². The summed E-state index contributed by atoms with van der Waals surface area (Å²) in [5, 5.41) is 0.380. The number of hydrogen-bond donors (Lipinski definition) is 0. The van der Waals surface area contributed by atoms with E-state index in [1.165, 1.54) is 0 Å². The van der Waals surface area contributed by atoms with Gasteiger partial charge in [-0.25, -0.2) is 0 Å². The van der Waals surface area contributed by atoms with Crippen LogP contribution in [0.3, 0.4) is 0 Å². The second-order valence-electron chi connectivity index (χ2n) is 5.43. The first-order valence-corrected chi connectivity index (χ1v) is 7.63. The van der Waals surface area contributed by atoms with Crippen molar-refractivity contribution < 1.29 is 22.7 Å². The molecule has 25 heavy (non-hydrogen) atoms. The van der Waals surface area contributed by atoms with Crippen LogP contribution >= 0.6 is 0 Å². The molecule has 3 nitrogen and oxygen atoms in total. The van der Waals surface area contributed by atoms with Gasteiger partial charge in [-0.1, -0.05) is 42.5 Å². The number of benzene rings is 2. The van der Waals surface area contributed by atoms with Gasteiger partial charge in [0.15, 0.2) is 0 Å². The first-order chi connectivity index (χ1) is 12.0. The first-order valence-electron chi connectivity index (χ1n) is 7.63. The molecule has 0 aliphatic rings. The van der Waals surface area contributed by atoms with Crippen LogP contribution in [0.15, 0.2) is 60.8 Å². The van der Waals surface area contributed by atoms with Crippen molar-refractivity contribution in [2.75, 3.05) is 6.61 Å². The molecule has 0 fully saturated rings. The van der Waals surface area contributed by atoms with E-state index in [0.717, 1.165) is 11.8 Å². The Labute approximate surface area is 142 Å². The van der Waals surface area contributed by atoms with Crippen LogP contribution in [-0.4, -0.2) is 23.6 Å². The molecule has 0 aliphatic carbocycles. The van der Waals surface area contributed by atoms with Crippen LogP contribution in [0.4, 0.5) is 13.2 Å². The number of carbonyl (C=O) groups excluding carboxylic acids is 1. The quantitative estimate of drug-likeness (QED) is 0.634. The summed E-state index contributed by atoms with van der Waals surface area (Å²) in [5.41, 5.74) is 0.889. The lowest BCUT2D eigenvalue weighted by Gasteiger charge is -2.14. The van der Waals surface area contributed by atoms with Gasteiger partial charge >= 0.3 is 6.18 Å². The summed E-state index contributed by atoms with van der Waals surface area (Å²) < 4.78 is 44.2. The number of alkyl halides is 3. The third-order valence-corrected chi connectivity index (χ3v) is 3.71. The molecule has 0 aliphatic heterocycles. The van der Waals surface area contributed by atoms with Crippen LogP contribution in [0, 0.1) is 0 Å². The third kappa shape index (κ3) is 3.79. The average Bonchev–Trinajstić information content (AvgIpc) is 2.61. The highest BCUT2D eigenvalue weighted by Gasteiger charge is 2.41. The van der Waals surface area contributed by atoms with Crippen molar-refractivity contribution in [3.05, 3.63) is 71.9 Å². The number of nitrogens with zero attached hydrogens (tertiary/aromatic N) is 1. The number of ketones is 1. The van der Waals surface area contributed by atoms with Gasteiger partial charge in [-0.15, -0.1) is 0 Å². The number of fused-ring (bicyclic) bond motifs is 1. The molecule has 0 bridgehead atoms. The van der Waals surface area contributed by atoms with Gasteiger partial charge in [0.05, 0.1) is 17.7 Å². The summed E-state index contributed by atoms with van der Waals surface area (Å²) in [6.45, 7) is 0.149. The Morgan fingerprint density at radius 1 is 1.00 bits per heavy atom. The zero-order valence-corrected chi connectivity index (χ0v) is 13.1. The number of aromatic nitrogens is 1. The van der Waals surface area contributed by atoms with Crippen molar-refractivity contribution in [3.8, 4) is 5.75 Å². The molecule has 128 valence electrons. The van der Waals surface area contributed by atoms with E-state index in [9.17, 15) is 18.0 Å². The van der Waals surface area contributed by atoms with Crippen molar-refractivity contribution in [3.63, 3.8) is 0 Å². The maximum absolute atomic E-state index is 12.9. The van der Waals surface area contributed by atoms with Crippen LogP contribution in [0.2, 0.25) is 0 Å². The van der Waals surface area contributed by atoms with E-state index in [1.807, 2.05) is 30.3 Å². The molecule has 0 radical (unpaired) electrons. The van der Waals surface area contributed by atoms with Crippen molar-refractivity contribution in [1.29, 1.82) is 0 Å². The van der Waals surface area contributed by atoms with Gasteiger partial charge in [0.1, 0.15) is 5.75 Å². The van der Waals surface area contributed by atoms with Crippen molar-refractivity contribution in [2.24, 2.45) is 0 Å². The lowest BCUT2D eigenvalue weighted by Crippen LogP contribution is -2.24. The summed E-state index contributed by atoms with van der Waals surface area (Å²) in [6.07, 6.45) is -3.55. The lowest BCUT2D eigenvalue weighted by atomic mass is 10.1. The van der Waals surface area contributed by atoms with Crippen LogP contribution in [-0.2, 0) is 6.42 Å². The topological polar surface area (TPSA) is 39.2 Å². The molecule has 0 atom stereocenters. The first kappa shape index (κ1) is 17.0. The van der Waals surface area contributed by atoms with Gasteiger partial charge in [0.25, 0.3) is 5.78 Å². The minimum absolute atomic E-state index is 0.0798. The van der Waals surface area contributed by atoms with Gasteiger partial charge in [0.2, 0.25) is 0 Å². The zero-order valence-electron chi connectivity index (χ0n) is 13.1. The summed E-state index contributed by atoms with van der Waals surface area (Å²) >= 11 is 0. The highest BCUT2D eigenvalue weighted by atomic mass is 19.4. The molecule has 0 spiro atoms. The smallest absolute Gasteiger partial charge is 0.455 e.